The first-order valence-corrected chi connectivity index (χ1v) is 10.3. The molecule has 0 saturated heterocycles. The molecule has 3 aromatic carbocycles. The van der Waals surface area contributed by atoms with Crippen LogP contribution in [0.25, 0.3) is 10.8 Å². The third-order valence-corrected chi connectivity index (χ3v) is 6.03. The topological polar surface area (TPSA) is 75.3 Å². The zero-order valence-electron chi connectivity index (χ0n) is 14.2. The van der Waals surface area contributed by atoms with Crippen LogP contribution in [0.1, 0.15) is 6.92 Å². The molecule has 1 atom stereocenters. The van der Waals surface area contributed by atoms with Gasteiger partial charge in [0.25, 0.3) is 0 Å². The Bertz CT molecular complexity index is 1120. The fraction of sp³-hybridized carbons (Fsp3) is 0.105. The molecule has 0 aromatic heterocycles. The number of anilines is 1. The predicted molar refractivity (Wildman–Crippen MR) is 109 cm³/mol. The van der Waals surface area contributed by atoms with Crippen molar-refractivity contribution in [2.45, 2.75) is 17.9 Å². The molecule has 140 valence electrons. The van der Waals surface area contributed by atoms with Crippen LogP contribution in [0, 0.1) is 0 Å². The van der Waals surface area contributed by atoms with Crippen molar-refractivity contribution < 1.29 is 13.2 Å². The van der Waals surface area contributed by atoms with Crippen molar-refractivity contribution in [2.75, 3.05) is 5.32 Å². The average Bonchev–Trinajstić information content (AvgIpc) is 2.63. The Balaban J connectivity index is 1.76. The summed E-state index contributed by atoms with van der Waals surface area (Å²) in [4.78, 5) is 12.4. The lowest BCUT2D eigenvalue weighted by molar-refractivity contribution is -0.117. The Labute approximate surface area is 167 Å². The van der Waals surface area contributed by atoms with Crippen LogP contribution in [-0.4, -0.2) is 20.4 Å². The molecule has 0 spiro atoms. The lowest BCUT2D eigenvalue weighted by atomic mass is 10.1. The predicted octanol–water partition coefficient (Wildman–Crippen LogP) is 4.45. The first-order chi connectivity index (χ1) is 12.8. The summed E-state index contributed by atoms with van der Waals surface area (Å²) in [6.07, 6.45) is 0. The highest BCUT2D eigenvalue weighted by Gasteiger charge is 2.22. The summed E-state index contributed by atoms with van der Waals surface area (Å²) in [5, 5.41) is 5.01. The minimum absolute atomic E-state index is 0.0883. The number of amides is 1. The maximum Gasteiger partial charge on any atom is 0.242 e. The fourth-order valence-electron chi connectivity index (χ4n) is 2.52. The quantitative estimate of drug-likeness (QED) is 0.637. The van der Waals surface area contributed by atoms with Gasteiger partial charge in [-0.15, -0.1) is 0 Å². The van der Waals surface area contributed by atoms with E-state index in [0.29, 0.717) is 10.7 Å². The van der Waals surface area contributed by atoms with E-state index in [2.05, 4.69) is 10.0 Å². The van der Waals surface area contributed by atoms with Crippen molar-refractivity contribution in [3.63, 3.8) is 0 Å². The first kappa shape index (κ1) is 19.6. The van der Waals surface area contributed by atoms with E-state index < -0.39 is 22.0 Å². The van der Waals surface area contributed by atoms with Gasteiger partial charge in [0, 0.05) is 5.02 Å². The molecule has 1 amide bonds. The number of hydrogen-bond donors (Lipinski definition) is 2. The van der Waals surface area contributed by atoms with E-state index >= 15 is 0 Å². The van der Waals surface area contributed by atoms with Crippen LogP contribution in [0.3, 0.4) is 0 Å². The number of carbonyl (C=O) groups is 1. The van der Waals surface area contributed by atoms with Crippen LogP contribution in [0.15, 0.2) is 65.6 Å². The van der Waals surface area contributed by atoms with Crippen LogP contribution < -0.4 is 10.0 Å². The van der Waals surface area contributed by atoms with Gasteiger partial charge in [-0.1, -0.05) is 53.5 Å². The van der Waals surface area contributed by atoms with Gasteiger partial charge in [-0.25, -0.2) is 8.42 Å². The summed E-state index contributed by atoms with van der Waals surface area (Å²) >= 11 is 11.8. The van der Waals surface area contributed by atoms with Gasteiger partial charge in [0.1, 0.15) is 0 Å². The standard InChI is InChI=1S/C19H16Cl2N2O3S/c1-12(19(24)22-18-9-7-15(20)11-17(18)21)23-27(25,26)16-8-6-13-4-2-3-5-14(13)10-16/h2-12,23H,1H3,(H,22,24)/t12-/m1/s1. The number of hydrogen-bond acceptors (Lipinski definition) is 3. The second-order valence-electron chi connectivity index (χ2n) is 5.97. The number of sulfonamides is 1. The van der Waals surface area contributed by atoms with E-state index in [1.54, 1.807) is 24.3 Å². The molecular weight excluding hydrogens is 407 g/mol. The van der Waals surface area contributed by atoms with Crippen molar-refractivity contribution >= 4 is 55.6 Å². The average molecular weight is 423 g/mol. The largest absolute Gasteiger partial charge is 0.323 e. The third kappa shape index (κ3) is 4.59. The van der Waals surface area contributed by atoms with E-state index in [1.807, 2.05) is 24.3 Å². The Morgan fingerprint density at radius 2 is 1.67 bits per heavy atom. The molecule has 0 radical (unpaired) electrons. The highest BCUT2D eigenvalue weighted by atomic mass is 35.5. The van der Waals surface area contributed by atoms with Gasteiger partial charge in [0.15, 0.2) is 0 Å². The molecule has 5 nitrogen and oxygen atoms in total. The fourth-order valence-corrected chi connectivity index (χ4v) is 4.21. The van der Waals surface area contributed by atoms with E-state index in [9.17, 15) is 13.2 Å². The maximum absolute atomic E-state index is 12.6. The SMILES string of the molecule is C[C@@H](NS(=O)(=O)c1ccc2ccccc2c1)C(=O)Nc1ccc(Cl)cc1Cl. The molecule has 3 aromatic rings. The molecule has 3 rings (SSSR count). The molecule has 0 unspecified atom stereocenters. The number of halogens is 2. The molecule has 8 heteroatoms. The lowest BCUT2D eigenvalue weighted by Gasteiger charge is -2.15. The summed E-state index contributed by atoms with van der Waals surface area (Å²) < 4.78 is 27.6. The van der Waals surface area contributed by atoms with Gasteiger partial charge < -0.3 is 5.32 Å². The molecule has 0 saturated carbocycles. The van der Waals surface area contributed by atoms with Crippen LogP contribution in [0.5, 0.6) is 0 Å². The van der Waals surface area contributed by atoms with Crippen LogP contribution >= 0.6 is 23.2 Å². The van der Waals surface area contributed by atoms with Crippen molar-refractivity contribution in [1.82, 2.24) is 4.72 Å². The molecule has 27 heavy (non-hydrogen) atoms. The van der Waals surface area contributed by atoms with Gasteiger partial charge in [-0.05, 0) is 48.0 Å². The number of benzene rings is 3. The maximum atomic E-state index is 12.6. The van der Waals surface area contributed by atoms with Gasteiger partial charge in [0.2, 0.25) is 15.9 Å². The molecular formula is C19H16Cl2N2O3S. The molecule has 0 aliphatic rings. The van der Waals surface area contributed by atoms with Crippen molar-refractivity contribution in [3.8, 4) is 0 Å². The minimum atomic E-state index is -3.87. The molecule has 0 fully saturated rings. The smallest absolute Gasteiger partial charge is 0.242 e. The summed E-state index contributed by atoms with van der Waals surface area (Å²) in [6.45, 7) is 1.46. The van der Waals surface area contributed by atoms with Gasteiger partial charge in [-0.2, -0.15) is 4.72 Å². The van der Waals surface area contributed by atoms with E-state index in [4.69, 9.17) is 23.2 Å². The molecule has 0 heterocycles. The summed E-state index contributed by atoms with van der Waals surface area (Å²) in [6, 6.07) is 15.8. The minimum Gasteiger partial charge on any atom is -0.323 e. The highest BCUT2D eigenvalue weighted by molar-refractivity contribution is 7.89. The number of rotatable bonds is 5. The second kappa shape index (κ2) is 7.86. The van der Waals surface area contributed by atoms with Crippen molar-refractivity contribution in [3.05, 3.63) is 70.7 Å². The van der Waals surface area contributed by atoms with Gasteiger partial charge >= 0.3 is 0 Å². The molecule has 2 N–H and O–H groups in total. The highest BCUT2D eigenvalue weighted by Crippen LogP contribution is 2.25. The Kier molecular flexibility index (Phi) is 5.72. The zero-order valence-corrected chi connectivity index (χ0v) is 16.6. The van der Waals surface area contributed by atoms with Crippen LogP contribution in [-0.2, 0) is 14.8 Å². The molecule has 0 bridgehead atoms. The lowest BCUT2D eigenvalue weighted by Crippen LogP contribution is -2.41. The van der Waals surface area contributed by atoms with Crippen LogP contribution in [0.4, 0.5) is 5.69 Å². The number of fused-ring (bicyclic) bond motifs is 1. The van der Waals surface area contributed by atoms with Crippen molar-refractivity contribution in [2.24, 2.45) is 0 Å². The van der Waals surface area contributed by atoms with Crippen molar-refractivity contribution in [1.29, 1.82) is 0 Å². The molecule has 0 aliphatic carbocycles. The van der Waals surface area contributed by atoms with Gasteiger partial charge in [-0.3, -0.25) is 4.79 Å². The van der Waals surface area contributed by atoms with Gasteiger partial charge in [0.05, 0.1) is 21.6 Å². The number of carbonyl (C=O) groups excluding carboxylic acids is 1. The Morgan fingerprint density at radius 3 is 2.37 bits per heavy atom. The van der Waals surface area contributed by atoms with E-state index in [0.717, 1.165) is 10.8 Å². The Morgan fingerprint density at radius 1 is 0.963 bits per heavy atom. The zero-order chi connectivity index (χ0) is 19.6. The second-order valence-corrected chi connectivity index (χ2v) is 8.52. The monoisotopic (exact) mass is 422 g/mol. The summed E-state index contributed by atoms with van der Waals surface area (Å²) in [5.41, 5.74) is 0.350. The van der Waals surface area contributed by atoms with Crippen LogP contribution in [0.2, 0.25) is 10.0 Å². The number of nitrogens with one attached hydrogen (secondary N) is 2. The summed E-state index contributed by atoms with van der Waals surface area (Å²) in [7, 11) is -3.87. The van der Waals surface area contributed by atoms with E-state index in [-0.39, 0.29) is 9.92 Å². The first-order valence-electron chi connectivity index (χ1n) is 8.03. The van der Waals surface area contributed by atoms with E-state index in [1.165, 1.54) is 19.1 Å². The third-order valence-electron chi connectivity index (χ3n) is 3.95. The Hall–Kier alpha value is -2.12. The summed E-state index contributed by atoms with van der Waals surface area (Å²) in [5.74, 6) is -0.538. The normalized spacial score (nSPS) is 12.7. The molecule has 0 aliphatic heterocycles.